The predicted octanol–water partition coefficient (Wildman–Crippen LogP) is 4.58. The summed E-state index contributed by atoms with van der Waals surface area (Å²) >= 11 is 0. The molecular weight excluding hydrogens is 180 g/mol. The molecule has 0 heteroatoms. The first-order chi connectivity index (χ1) is 7.11. The average Bonchev–Trinajstić information content (AvgIpc) is 2.23. The SMILES string of the molecule is Cc1c(C(C)C)cc2ccccc2c1C. The Morgan fingerprint density at radius 1 is 0.933 bits per heavy atom. The zero-order valence-corrected chi connectivity index (χ0v) is 9.96. The average molecular weight is 198 g/mol. The first-order valence-corrected chi connectivity index (χ1v) is 5.60. The van der Waals surface area contributed by atoms with E-state index in [-0.39, 0.29) is 0 Å². The van der Waals surface area contributed by atoms with E-state index in [1.807, 2.05) is 0 Å². The molecule has 2 aromatic carbocycles. The summed E-state index contributed by atoms with van der Waals surface area (Å²) in [5.74, 6) is 0.605. The standard InChI is InChI=1S/C15H18/c1-10(2)15-9-13-7-5-6-8-14(13)11(3)12(15)4/h5-10H,1-4H3. The third-order valence-electron chi connectivity index (χ3n) is 3.29. The van der Waals surface area contributed by atoms with Crippen LogP contribution in [0.2, 0.25) is 0 Å². The van der Waals surface area contributed by atoms with E-state index in [9.17, 15) is 0 Å². The Bertz CT molecular complexity index is 493. The minimum Gasteiger partial charge on any atom is -0.0616 e. The largest absolute Gasteiger partial charge is 0.0616 e. The maximum Gasteiger partial charge on any atom is -0.0152 e. The van der Waals surface area contributed by atoms with Crippen LogP contribution in [0.1, 0.15) is 36.5 Å². The van der Waals surface area contributed by atoms with Crippen LogP contribution in [-0.4, -0.2) is 0 Å². The summed E-state index contributed by atoms with van der Waals surface area (Å²) in [6.07, 6.45) is 0. The van der Waals surface area contributed by atoms with Crippen LogP contribution in [0, 0.1) is 13.8 Å². The molecule has 0 aromatic heterocycles. The molecule has 0 radical (unpaired) electrons. The second-order valence-electron chi connectivity index (χ2n) is 4.59. The van der Waals surface area contributed by atoms with Gasteiger partial charge in [-0.15, -0.1) is 0 Å². The van der Waals surface area contributed by atoms with Crippen LogP contribution in [0.25, 0.3) is 10.8 Å². The molecule has 0 aliphatic heterocycles. The summed E-state index contributed by atoms with van der Waals surface area (Å²) in [5, 5.41) is 2.75. The Morgan fingerprint density at radius 3 is 2.27 bits per heavy atom. The fraction of sp³-hybridized carbons (Fsp3) is 0.333. The van der Waals surface area contributed by atoms with Crippen molar-refractivity contribution in [3.8, 4) is 0 Å². The van der Waals surface area contributed by atoms with Gasteiger partial charge in [-0.1, -0.05) is 44.2 Å². The molecule has 2 rings (SSSR count). The molecular formula is C15H18. The van der Waals surface area contributed by atoms with Gasteiger partial charge in [-0.25, -0.2) is 0 Å². The number of hydrogen-bond acceptors (Lipinski definition) is 0. The van der Waals surface area contributed by atoms with E-state index in [0.717, 1.165) is 0 Å². The fourth-order valence-corrected chi connectivity index (χ4v) is 2.26. The number of benzene rings is 2. The van der Waals surface area contributed by atoms with Crippen molar-refractivity contribution < 1.29 is 0 Å². The summed E-state index contributed by atoms with van der Waals surface area (Å²) in [7, 11) is 0. The Hall–Kier alpha value is -1.30. The number of rotatable bonds is 1. The lowest BCUT2D eigenvalue weighted by Crippen LogP contribution is -1.95. The molecule has 0 saturated heterocycles. The van der Waals surface area contributed by atoms with Gasteiger partial charge in [-0.2, -0.15) is 0 Å². The fourth-order valence-electron chi connectivity index (χ4n) is 2.26. The molecule has 0 N–H and O–H groups in total. The van der Waals surface area contributed by atoms with Crippen LogP contribution in [0.3, 0.4) is 0 Å². The van der Waals surface area contributed by atoms with Crippen LogP contribution in [-0.2, 0) is 0 Å². The summed E-state index contributed by atoms with van der Waals surface area (Å²) in [6.45, 7) is 8.98. The highest BCUT2D eigenvalue weighted by Crippen LogP contribution is 2.28. The van der Waals surface area contributed by atoms with E-state index in [1.54, 1.807) is 0 Å². The van der Waals surface area contributed by atoms with Gasteiger partial charge in [0.1, 0.15) is 0 Å². The number of fused-ring (bicyclic) bond motifs is 1. The molecule has 78 valence electrons. The Balaban J connectivity index is 2.82. The lowest BCUT2D eigenvalue weighted by atomic mass is 9.90. The topological polar surface area (TPSA) is 0 Å². The molecule has 0 saturated carbocycles. The lowest BCUT2D eigenvalue weighted by molar-refractivity contribution is 0.856. The molecule has 15 heavy (non-hydrogen) atoms. The van der Waals surface area contributed by atoms with Crippen molar-refractivity contribution >= 4 is 10.8 Å². The Labute approximate surface area is 91.9 Å². The van der Waals surface area contributed by atoms with Gasteiger partial charge in [-0.05, 0) is 47.2 Å². The molecule has 0 bridgehead atoms. The van der Waals surface area contributed by atoms with E-state index >= 15 is 0 Å². The Kier molecular flexibility index (Phi) is 2.52. The monoisotopic (exact) mass is 198 g/mol. The van der Waals surface area contributed by atoms with Gasteiger partial charge < -0.3 is 0 Å². The highest BCUT2D eigenvalue weighted by molar-refractivity contribution is 5.87. The van der Waals surface area contributed by atoms with E-state index in [2.05, 4.69) is 58.0 Å². The first-order valence-electron chi connectivity index (χ1n) is 5.60. The molecule has 0 heterocycles. The lowest BCUT2D eigenvalue weighted by Gasteiger charge is -2.15. The summed E-state index contributed by atoms with van der Waals surface area (Å²) < 4.78 is 0. The molecule has 0 unspecified atom stereocenters. The van der Waals surface area contributed by atoms with Crippen molar-refractivity contribution in [3.63, 3.8) is 0 Å². The number of aryl methyl sites for hydroxylation is 1. The summed E-state index contributed by atoms with van der Waals surface area (Å²) in [5.41, 5.74) is 4.35. The van der Waals surface area contributed by atoms with Gasteiger partial charge in [0.15, 0.2) is 0 Å². The number of hydrogen-bond donors (Lipinski definition) is 0. The third-order valence-corrected chi connectivity index (χ3v) is 3.29. The van der Waals surface area contributed by atoms with Crippen molar-refractivity contribution in [2.45, 2.75) is 33.6 Å². The molecule has 0 atom stereocenters. The second kappa shape index (κ2) is 3.69. The molecule has 0 spiro atoms. The molecule has 0 aliphatic rings. The predicted molar refractivity (Wildman–Crippen MR) is 67.5 cm³/mol. The van der Waals surface area contributed by atoms with Gasteiger partial charge in [0.05, 0.1) is 0 Å². The van der Waals surface area contributed by atoms with Crippen molar-refractivity contribution in [3.05, 3.63) is 47.0 Å². The highest BCUT2D eigenvalue weighted by atomic mass is 14.1. The first kappa shape index (κ1) is 10.2. The van der Waals surface area contributed by atoms with Crippen LogP contribution in [0.5, 0.6) is 0 Å². The smallest absolute Gasteiger partial charge is 0.0152 e. The minimum atomic E-state index is 0.605. The van der Waals surface area contributed by atoms with Crippen molar-refractivity contribution in [2.75, 3.05) is 0 Å². The van der Waals surface area contributed by atoms with Crippen LogP contribution >= 0.6 is 0 Å². The maximum atomic E-state index is 2.34. The van der Waals surface area contributed by atoms with Crippen LogP contribution < -0.4 is 0 Å². The van der Waals surface area contributed by atoms with E-state index in [1.165, 1.54) is 27.5 Å². The van der Waals surface area contributed by atoms with Gasteiger partial charge in [0.2, 0.25) is 0 Å². The van der Waals surface area contributed by atoms with Gasteiger partial charge in [0.25, 0.3) is 0 Å². The summed E-state index contributed by atoms with van der Waals surface area (Å²) in [6, 6.07) is 11.0. The van der Waals surface area contributed by atoms with Gasteiger partial charge >= 0.3 is 0 Å². The zero-order valence-electron chi connectivity index (χ0n) is 9.96. The maximum absolute atomic E-state index is 2.34. The molecule has 0 amide bonds. The van der Waals surface area contributed by atoms with E-state index < -0.39 is 0 Å². The van der Waals surface area contributed by atoms with E-state index in [4.69, 9.17) is 0 Å². The van der Waals surface area contributed by atoms with E-state index in [0.29, 0.717) is 5.92 Å². The van der Waals surface area contributed by atoms with Gasteiger partial charge in [0, 0.05) is 0 Å². The normalized spacial score (nSPS) is 11.3. The minimum absolute atomic E-state index is 0.605. The van der Waals surface area contributed by atoms with Gasteiger partial charge in [-0.3, -0.25) is 0 Å². The molecule has 0 nitrogen and oxygen atoms in total. The van der Waals surface area contributed by atoms with Crippen LogP contribution in [0.15, 0.2) is 30.3 Å². The molecule has 0 fully saturated rings. The molecule has 2 aromatic rings. The highest BCUT2D eigenvalue weighted by Gasteiger charge is 2.08. The zero-order chi connectivity index (χ0) is 11.0. The quantitative estimate of drug-likeness (QED) is 0.629. The third kappa shape index (κ3) is 1.65. The van der Waals surface area contributed by atoms with Crippen molar-refractivity contribution in [1.82, 2.24) is 0 Å². The summed E-state index contributed by atoms with van der Waals surface area (Å²) in [4.78, 5) is 0. The molecule has 0 aliphatic carbocycles. The second-order valence-corrected chi connectivity index (χ2v) is 4.59. The van der Waals surface area contributed by atoms with Crippen molar-refractivity contribution in [2.24, 2.45) is 0 Å². The van der Waals surface area contributed by atoms with Crippen LogP contribution in [0.4, 0.5) is 0 Å². The van der Waals surface area contributed by atoms with Crippen molar-refractivity contribution in [1.29, 1.82) is 0 Å². The Morgan fingerprint density at radius 2 is 1.60 bits per heavy atom.